The van der Waals surface area contributed by atoms with Gasteiger partial charge in [0.05, 0.1) is 17.2 Å². The number of benzene rings is 3. The normalized spacial score (nSPS) is 24.5. The van der Waals surface area contributed by atoms with Gasteiger partial charge in [0.2, 0.25) is 10.0 Å². The summed E-state index contributed by atoms with van der Waals surface area (Å²) in [5, 5.41) is 0.627. The molecule has 0 saturated carbocycles. The first-order valence-electron chi connectivity index (χ1n) is 11.9. The van der Waals surface area contributed by atoms with Crippen molar-refractivity contribution >= 4 is 70.3 Å². The number of likely N-dealkylation sites (N-methyl/N-ethyl adjacent to an activating group) is 1. The highest BCUT2D eigenvalue weighted by molar-refractivity contribution is 9.10. The van der Waals surface area contributed by atoms with Crippen LogP contribution in [-0.4, -0.2) is 32.7 Å². The Kier molecular flexibility index (Phi) is 6.37. The smallest absolute Gasteiger partial charge is 0.260 e. The van der Waals surface area contributed by atoms with E-state index in [1.54, 1.807) is 23.7 Å². The molecule has 0 saturated heterocycles. The summed E-state index contributed by atoms with van der Waals surface area (Å²) in [5.74, 6) is -0.618. The van der Waals surface area contributed by atoms with Crippen LogP contribution < -0.4 is 9.62 Å². The zero-order valence-corrected chi connectivity index (χ0v) is 25.3. The number of nitrogens with one attached hydrogen (secondary N) is 1. The van der Waals surface area contributed by atoms with Crippen molar-refractivity contribution in [3.63, 3.8) is 0 Å². The van der Waals surface area contributed by atoms with E-state index < -0.39 is 21.5 Å². The highest BCUT2D eigenvalue weighted by atomic mass is 79.9. The Balaban J connectivity index is 1.62. The van der Waals surface area contributed by atoms with Crippen molar-refractivity contribution in [3.8, 4) is 0 Å². The number of fused-ring (bicyclic) bond motifs is 3. The number of para-hydroxylation sites is 1. The van der Waals surface area contributed by atoms with Gasteiger partial charge in [-0.3, -0.25) is 14.5 Å². The molecule has 1 spiro atoms. The summed E-state index contributed by atoms with van der Waals surface area (Å²) in [6.45, 7) is 0. The van der Waals surface area contributed by atoms with Crippen LogP contribution in [0.1, 0.15) is 34.3 Å². The van der Waals surface area contributed by atoms with Gasteiger partial charge in [-0.05, 0) is 41.5 Å². The van der Waals surface area contributed by atoms with Gasteiger partial charge in [0.15, 0.2) is 5.54 Å². The van der Waals surface area contributed by atoms with Gasteiger partial charge in [-0.2, -0.15) is 0 Å². The third-order valence-corrected chi connectivity index (χ3v) is 10.2. The van der Waals surface area contributed by atoms with Crippen LogP contribution in [0, 0.1) is 0 Å². The molecule has 0 unspecified atom stereocenters. The minimum atomic E-state index is -3.59. The highest BCUT2D eigenvalue weighted by Gasteiger charge is 2.61. The van der Waals surface area contributed by atoms with Gasteiger partial charge in [0.25, 0.3) is 5.91 Å². The van der Waals surface area contributed by atoms with E-state index in [4.69, 9.17) is 4.99 Å². The van der Waals surface area contributed by atoms with Crippen LogP contribution in [0.4, 0.5) is 5.69 Å². The molecule has 1 amide bonds. The summed E-state index contributed by atoms with van der Waals surface area (Å²) in [5.41, 5.74) is 3.73. The summed E-state index contributed by atoms with van der Waals surface area (Å²) in [7, 11) is -1.81. The van der Waals surface area contributed by atoms with E-state index in [1.165, 1.54) is 0 Å². The topological polar surface area (TPSA) is 78.8 Å². The fourth-order valence-electron chi connectivity index (χ4n) is 5.68. The fraction of sp³-hybridized carbons (Fsp3) is 0.214. The second-order valence-corrected chi connectivity index (χ2v) is 14.4. The summed E-state index contributed by atoms with van der Waals surface area (Å²) < 4.78 is 29.9. The van der Waals surface area contributed by atoms with Crippen molar-refractivity contribution in [1.82, 2.24) is 4.72 Å². The van der Waals surface area contributed by atoms with E-state index in [-0.39, 0.29) is 11.2 Å². The average Bonchev–Trinajstić information content (AvgIpc) is 3.33. The molecule has 38 heavy (non-hydrogen) atoms. The lowest BCUT2D eigenvalue weighted by Crippen LogP contribution is -2.41. The molecular weight excluding hydrogens is 650 g/mol. The number of allylic oxidation sites excluding steroid dienone is 1. The second-order valence-electron chi connectivity index (χ2n) is 9.68. The fourth-order valence-corrected chi connectivity index (χ4v) is 8.23. The Morgan fingerprint density at radius 3 is 2.21 bits per heavy atom. The molecule has 0 aromatic heterocycles. The van der Waals surface area contributed by atoms with E-state index in [0.717, 1.165) is 43.2 Å². The lowest BCUT2D eigenvalue weighted by Gasteiger charge is -2.32. The van der Waals surface area contributed by atoms with Gasteiger partial charge in [-0.15, -0.1) is 0 Å². The predicted octanol–water partition coefficient (Wildman–Crippen LogP) is 6.26. The Morgan fingerprint density at radius 2 is 1.58 bits per heavy atom. The molecule has 3 aliphatic heterocycles. The molecule has 10 heteroatoms. The van der Waals surface area contributed by atoms with Crippen LogP contribution in [-0.2, 0) is 20.4 Å². The number of amides is 1. The number of carbonyl (C=O) groups is 1. The van der Waals surface area contributed by atoms with E-state index in [1.807, 2.05) is 72.8 Å². The number of halogens is 2. The molecule has 3 atom stereocenters. The molecule has 6 rings (SSSR count). The Bertz CT molecular complexity index is 1640. The van der Waals surface area contributed by atoms with E-state index in [2.05, 4.69) is 36.6 Å². The van der Waals surface area contributed by atoms with Crippen LogP contribution >= 0.6 is 43.6 Å². The molecule has 1 N–H and O–H groups in total. The van der Waals surface area contributed by atoms with Gasteiger partial charge >= 0.3 is 0 Å². The van der Waals surface area contributed by atoms with Crippen LogP contribution in [0.5, 0.6) is 0 Å². The standard InChI is InChI=1S/C28H23Br2N3O3S2/c1-33-22-6-4-3-5-20(22)28(27(33)34)25(17-9-13-19(30)14-10-17)24-21(32-38(2,35)36)15-23(37-26(24)31-28)16-7-11-18(29)12-8-16/h3-14,23,25,32H,15H2,1-2H3/t23-,25+,28-/m0/s1. The quantitative estimate of drug-likeness (QED) is 0.355. The predicted molar refractivity (Wildman–Crippen MR) is 160 cm³/mol. The third kappa shape index (κ3) is 4.16. The van der Waals surface area contributed by atoms with Gasteiger partial charge in [0.1, 0.15) is 0 Å². The number of hydrogen-bond donors (Lipinski definition) is 1. The molecular formula is C28H23Br2N3O3S2. The van der Waals surface area contributed by atoms with Crippen molar-refractivity contribution in [2.45, 2.75) is 23.1 Å². The minimum Gasteiger partial charge on any atom is -0.313 e. The Hall–Kier alpha value is -2.40. The monoisotopic (exact) mass is 671 g/mol. The maximum absolute atomic E-state index is 14.2. The largest absolute Gasteiger partial charge is 0.313 e. The average molecular weight is 673 g/mol. The maximum Gasteiger partial charge on any atom is 0.260 e. The van der Waals surface area contributed by atoms with Crippen LogP contribution in [0.3, 0.4) is 0 Å². The van der Waals surface area contributed by atoms with Gasteiger partial charge in [-0.25, -0.2) is 8.42 Å². The molecule has 3 aromatic carbocycles. The van der Waals surface area contributed by atoms with E-state index in [9.17, 15) is 13.2 Å². The maximum atomic E-state index is 14.2. The van der Waals surface area contributed by atoms with Gasteiger partial charge < -0.3 is 4.90 Å². The number of anilines is 1. The summed E-state index contributed by atoms with van der Waals surface area (Å²) in [6.07, 6.45) is 1.62. The number of nitrogens with zero attached hydrogens (tertiary/aromatic N) is 2. The molecule has 0 bridgehead atoms. The number of thioether (sulfide) groups is 1. The van der Waals surface area contributed by atoms with Crippen molar-refractivity contribution in [2.75, 3.05) is 18.2 Å². The zero-order valence-electron chi connectivity index (χ0n) is 20.5. The summed E-state index contributed by atoms with van der Waals surface area (Å²) in [4.78, 5) is 21.1. The minimum absolute atomic E-state index is 0.0694. The van der Waals surface area contributed by atoms with Crippen molar-refractivity contribution in [3.05, 3.63) is 110 Å². The third-order valence-electron chi connectivity index (χ3n) is 7.24. The van der Waals surface area contributed by atoms with Gasteiger partial charge in [-0.1, -0.05) is 86.1 Å². The molecule has 0 radical (unpaired) electrons. The zero-order chi connectivity index (χ0) is 26.8. The van der Waals surface area contributed by atoms with E-state index in [0.29, 0.717) is 17.2 Å². The lowest BCUT2D eigenvalue weighted by molar-refractivity contribution is -0.122. The summed E-state index contributed by atoms with van der Waals surface area (Å²) >= 11 is 8.61. The second kappa shape index (κ2) is 9.36. The number of sulfonamides is 1. The molecule has 194 valence electrons. The highest BCUT2D eigenvalue weighted by Crippen LogP contribution is 2.61. The van der Waals surface area contributed by atoms with E-state index >= 15 is 0 Å². The van der Waals surface area contributed by atoms with Gasteiger partial charge in [0, 0.05) is 50.2 Å². The van der Waals surface area contributed by atoms with Crippen LogP contribution in [0.2, 0.25) is 0 Å². The first-order valence-corrected chi connectivity index (χ1v) is 16.3. The van der Waals surface area contributed by atoms with Crippen molar-refractivity contribution in [1.29, 1.82) is 0 Å². The SMILES string of the molecule is CN1C(=O)[C@]2(N=C3S[C@H](c4ccc(Br)cc4)CC(NS(C)(=O)=O)=C3[C@H]2c2ccc(Br)cc2)c2ccccc21. The number of carbonyl (C=O) groups excluding carboxylic acids is 1. The Morgan fingerprint density at radius 1 is 0.974 bits per heavy atom. The van der Waals surface area contributed by atoms with Crippen LogP contribution in [0.25, 0.3) is 0 Å². The van der Waals surface area contributed by atoms with Crippen molar-refractivity contribution in [2.24, 2.45) is 4.99 Å². The lowest BCUT2D eigenvalue weighted by atomic mass is 9.73. The Labute approximate surface area is 242 Å². The molecule has 0 aliphatic carbocycles. The number of rotatable bonds is 4. The first-order chi connectivity index (χ1) is 18.1. The van der Waals surface area contributed by atoms with Crippen LogP contribution in [0.15, 0.2) is 98.0 Å². The molecule has 3 aliphatic rings. The molecule has 3 aromatic rings. The summed E-state index contributed by atoms with van der Waals surface area (Å²) in [6, 6.07) is 23.6. The number of aliphatic imine (C=N–C) groups is 1. The molecule has 0 fully saturated rings. The first kappa shape index (κ1) is 25.9. The molecule has 3 heterocycles. The number of hydrogen-bond acceptors (Lipinski definition) is 5. The molecule has 6 nitrogen and oxygen atoms in total. The van der Waals surface area contributed by atoms with Crippen molar-refractivity contribution < 1.29 is 13.2 Å².